The molecule has 17 heteroatoms. The molecule has 2 saturated heterocycles. The van der Waals surface area contributed by atoms with Crippen LogP contribution >= 0.6 is 11.8 Å². The highest BCUT2D eigenvalue weighted by Gasteiger charge is 2.50. The summed E-state index contributed by atoms with van der Waals surface area (Å²) < 4.78 is 11.2. The number of hydrogen-bond acceptors (Lipinski definition) is 13. The van der Waals surface area contributed by atoms with Crippen LogP contribution in [0.5, 0.6) is 0 Å². The van der Waals surface area contributed by atoms with Crippen molar-refractivity contribution < 1.29 is 69.5 Å². The molecule has 0 saturated carbocycles. The summed E-state index contributed by atoms with van der Waals surface area (Å²) in [6, 6.07) is 7.06. The zero-order valence-electron chi connectivity index (χ0n) is 23.2. The first-order valence-corrected chi connectivity index (χ1v) is 14.5. The smallest absolute Gasteiger partial charge is 0.335 e. The zero-order chi connectivity index (χ0) is 33.0. The first-order chi connectivity index (χ1) is 21.4. The second-order valence-electron chi connectivity index (χ2n) is 10.3. The van der Waals surface area contributed by atoms with Crippen LogP contribution in [0.25, 0.3) is 0 Å². The number of carbonyl (C=O) groups is 4. The van der Waals surface area contributed by atoms with Gasteiger partial charge in [0.1, 0.15) is 47.5 Å². The molecule has 2 aromatic rings. The Hall–Kier alpha value is -3.65. The van der Waals surface area contributed by atoms with Crippen molar-refractivity contribution in [3.63, 3.8) is 0 Å². The maximum Gasteiger partial charge on any atom is 0.335 e. The first kappa shape index (κ1) is 34.2. The highest BCUT2D eigenvalue weighted by atomic mass is 32.2. The normalized spacial score (nSPS) is 31.5. The van der Waals surface area contributed by atoms with Gasteiger partial charge < -0.3 is 61.0 Å². The summed E-state index contributed by atoms with van der Waals surface area (Å²) in [4.78, 5) is 48.5. The molecule has 45 heavy (non-hydrogen) atoms. The number of carboxylic acid groups (broad SMARTS) is 2. The zero-order valence-corrected chi connectivity index (χ0v) is 24.1. The molecule has 2 aromatic carbocycles. The Kier molecular flexibility index (Phi) is 11.1. The number of hydrogen-bond donors (Lipinski definition) is 10. The van der Waals surface area contributed by atoms with Crippen molar-refractivity contribution in [2.24, 2.45) is 0 Å². The van der Waals surface area contributed by atoms with E-state index in [4.69, 9.17) is 9.47 Å². The van der Waals surface area contributed by atoms with E-state index in [2.05, 4.69) is 10.6 Å². The van der Waals surface area contributed by atoms with Crippen molar-refractivity contribution in [1.82, 2.24) is 10.6 Å². The predicted molar refractivity (Wildman–Crippen MR) is 152 cm³/mol. The molecule has 2 fully saturated rings. The molecule has 244 valence electrons. The Morgan fingerprint density at radius 1 is 0.622 bits per heavy atom. The number of carbonyl (C=O) groups excluding carboxylic acids is 2. The third-order valence-corrected chi connectivity index (χ3v) is 8.69. The summed E-state index contributed by atoms with van der Waals surface area (Å²) in [5.41, 5.74) is -3.36. The fourth-order valence-corrected chi connectivity index (χ4v) is 6.27. The molecular weight excluding hydrogens is 620 g/mol. The van der Waals surface area contributed by atoms with E-state index >= 15 is 0 Å². The van der Waals surface area contributed by atoms with Gasteiger partial charge in [0.15, 0.2) is 0 Å². The fraction of sp³-hybridized carbons (Fsp3) is 0.429. The number of aliphatic hydroxyl groups excluding tert-OH is 6. The van der Waals surface area contributed by atoms with Gasteiger partial charge in [-0.25, -0.2) is 9.59 Å². The fourth-order valence-electron chi connectivity index (χ4n) is 4.93. The molecular formula is C28H32N2O14S. The van der Waals surface area contributed by atoms with Gasteiger partial charge in [-0.1, -0.05) is 23.9 Å². The van der Waals surface area contributed by atoms with Crippen molar-refractivity contribution in [2.75, 3.05) is 13.2 Å². The summed E-state index contributed by atoms with van der Waals surface area (Å²) in [6.45, 7) is -1.52. The second-order valence-corrected chi connectivity index (χ2v) is 11.5. The number of benzene rings is 2. The third kappa shape index (κ3) is 7.60. The highest BCUT2D eigenvalue weighted by molar-refractivity contribution is 8.00. The van der Waals surface area contributed by atoms with E-state index in [0.717, 1.165) is 12.1 Å². The van der Waals surface area contributed by atoms with Crippen LogP contribution in [0.1, 0.15) is 41.4 Å². The van der Waals surface area contributed by atoms with Gasteiger partial charge in [-0.15, -0.1) is 0 Å². The number of aromatic carboxylic acids is 2. The lowest BCUT2D eigenvalue weighted by molar-refractivity contribution is -0.175. The second kappa shape index (κ2) is 14.6. The number of nitrogens with one attached hydrogen (secondary N) is 2. The van der Waals surface area contributed by atoms with Crippen LogP contribution in [0, 0.1) is 0 Å². The summed E-state index contributed by atoms with van der Waals surface area (Å²) in [6.07, 6.45) is -9.38. The molecule has 0 aliphatic carbocycles. The van der Waals surface area contributed by atoms with Gasteiger partial charge >= 0.3 is 11.9 Å². The largest absolute Gasteiger partial charge is 0.478 e. The molecule has 2 aliphatic rings. The van der Waals surface area contributed by atoms with Gasteiger partial charge in [-0.3, -0.25) is 9.59 Å². The number of thioether (sulfide) groups is 1. The summed E-state index contributed by atoms with van der Waals surface area (Å²) in [5, 5.41) is 86.6. The maximum absolute atomic E-state index is 12.9. The van der Waals surface area contributed by atoms with Gasteiger partial charge in [0.05, 0.1) is 36.4 Å². The minimum Gasteiger partial charge on any atom is -0.478 e. The third-order valence-electron chi connectivity index (χ3n) is 7.38. The number of ether oxygens (including phenoxy) is 2. The van der Waals surface area contributed by atoms with E-state index in [0.29, 0.717) is 11.8 Å². The molecule has 0 unspecified atom stereocenters. The molecule has 0 aromatic heterocycles. The van der Waals surface area contributed by atoms with E-state index in [1.165, 1.54) is 36.4 Å². The molecule has 2 aliphatic heterocycles. The number of amides is 2. The Bertz CT molecular complexity index is 1310. The van der Waals surface area contributed by atoms with Crippen LogP contribution in [-0.4, -0.2) is 137 Å². The van der Waals surface area contributed by atoms with E-state index in [9.17, 15) is 60.0 Å². The van der Waals surface area contributed by atoms with Gasteiger partial charge in [-0.05, 0) is 36.4 Å². The molecule has 0 bridgehead atoms. The van der Waals surface area contributed by atoms with Crippen LogP contribution in [0.3, 0.4) is 0 Å². The molecule has 2 heterocycles. The van der Waals surface area contributed by atoms with Gasteiger partial charge in [0.25, 0.3) is 11.8 Å². The van der Waals surface area contributed by atoms with Crippen LogP contribution < -0.4 is 10.6 Å². The van der Waals surface area contributed by atoms with Crippen molar-refractivity contribution >= 4 is 35.5 Å². The summed E-state index contributed by atoms with van der Waals surface area (Å²) >= 11 is 0.619. The molecule has 10 atom stereocenters. The van der Waals surface area contributed by atoms with Crippen molar-refractivity contribution in [2.45, 2.75) is 59.6 Å². The van der Waals surface area contributed by atoms with E-state index in [1.807, 2.05) is 0 Å². The number of carboxylic acids is 2. The SMILES string of the molecule is O=C(O)c1cccc(C(=O)N[C@H]2[C@@H](O)[C@@H](CO)O[C@@H](S[C@@H]3O[C@H](CO)[C@H](O)[C@H](NC(=O)c4cccc(C(=O)O)c4)[C@H]3O)[C@@H]2O)c1. The average Bonchev–Trinajstić information content (AvgIpc) is 3.03. The van der Waals surface area contributed by atoms with Crippen LogP contribution in [-0.2, 0) is 9.47 Å². The van der Waals surface area contributed by atoms with E-state index in [1.54, 1.807) is 0 Å². The number of rotatable bonds is 10. The summed E-state index contributed by atoms with van der Waals surface area (Å²) in [5.74, 6) is -4.27. The minimum absolute atomic E-state index is 0.0937. The standard InChI is InChI=1S/C28H32N2O14S/c31-9-15-19(33)17(29-23(37)11-3-1-5-13(7-11)25(39)40)21(35)27(43-15)45-28-22(36)18(20(34)16(10-32)44-28)30-24(38)12-4-2-6-14(8-12)26(41)42/h1-8,15-22,27-28,31-36H,9-10H2,(H,29,37)(H,30,38)(H,39,40)(H,41,42)/t15-,16-,17+,18+,19+,20+,21-,22-,27+,28+/m1/s1. The molecule has 0 spiro atoms. The molecule has 4 rings (SSSR count). The van der Waals surface area contributed by atoms with E-state index in [-0.39, 0.29) is 22.3 Å². The van der Waals surface area contributed by atoms with Crippen LogP contribution in [0.2, 0.25) is 0 Å². The monoisotopic (exact) mass is 652 g/mol. The predicted octanol–water partition coefficient (Wildman–Crippen LogP) is -2.41. The van der Waals surface area contributed by atoms with Crippen LogP contribution in [0.4, 0.5) is 0 Å². The first-order valence-electron chi connectivity index (χ1n) is 13.5. The Labute approximate surface area is 259 Å². The lowest BCUT2D eigenvalue weighted by Gasteiger charge is -2.46. The van der Waals surface area contributed by atoms with Crippen molar-refractivity contribution in [3.05, 3.63) is 70.8 Å². The molecule has 0 radical (unpaired) electrons. The molecule has 16 nitrogen and oxygen atoms in total. The van der Waals surface area contributed by atoms with Gasteiger partial charge in [0.2, 0.25) is 0 Å². The van der Waals surface area contributed by atoms with Crippen LogP contribution in [0.15, 0.2) is 48.5 Å². The quantitative estimate of drug-likeness (QED) is 0.128. The molecule has 10 N–H and O–H groups in total. The lowest BCUT2D eigenvalue weighted by atomic mass is 9.96. The Balaban J connectivity index is 1.52. The Morgan fingerprint density at radius 2 is 0.978 bits per heavy atom. The number of aliphatic hydroxyl groups is 6. The van der Waals surface area contributed by atoms with E-state index < -0.39 is 96.5 Å². The van der Waals surface area contributed by atoms with Crippen molar-refractivity contribution in [1.29, 1.82) is 0 Å². The minimum atomic E-state index is -1.71. The van der Waals surface area contributed by atoms with Gasteiger partial charge in [-0.2, -0.15) is 0 Å². The maximum atomic E-state index is 12.9. The Morgan fingerprint density at radius 3 is 1.31 bits per heavy atom. The average molecular weight is 653 g/mol. The topological polar surface area (TPSA) is 273 Å². The van der Waals surface area contributed by atoms with Crippen molar-refractivity contribution in [3.8, 4) is 0 Å². The lowest BCUT2D eigenvalue weighted by Crippen LogP contribution is -2.66. The highest BCUT2D eigenvalue weighted by Crippen LogP contribution is 2.37. The summed E-state index contributed by atoms with van der Waals surface area (Å²) in [7, 11) is 0. The van der Waals surface area contributed by atoms with Gasteiger partial charge in [0, 0.05) is 11.1 Å². The molecule has 2 amide bonds.